The molecule has 1 aliphatic heterocycles. The van der Waals surface area contributed by atoms with E-state index in [0.717, 1.165) is 0 Å². The third kappa shape index (κ3) is 2.55. The Kier molecular flexibility index (Phi) is 4.15. The Morgan fingerprint density at radius 3 is 2.39 bits per heavy atom. The van der Waals surface area contributed by atoms with Crippen LogP contribution < -0.4 is 0 Å². The molecule has 0 radical (unpaired) electrons. The predicted octanol–water partition coefficient (Wildman–Crippen LogP) is 0.587. The topological polar surface area (TPSA) is 66.8 Å². The number of methoxy groups -OCH3 is 1. The van der Waals surface area contributed by atoms with Crippen molar-refractivity contribution in [3.05, 3.63) is 0 Å². The maximum atomic E-state index is 12.9. The van der Waals surface area contributed by atoms with E-state index in [0.29, 0.717) is 0 Å². The number of rotatable bonds is 4. The van der Waals surface area contributed by atoms with Crippen LogP contribution in [0.4, 0.5) is 17.6 Å². The smallest absolute Gasteiger partial charge is 0.383 e. The van der Waals surface area contributed by atoms with Crippen LogP contribution in [0.3, 0.4) is 0 Å². The lowest BCUT2D eigenvalue weighted by molar-refractivity contribution is -0.183. The number of carbonyl (C=O) groups excluding carboxylic acids is 1. The average Bonchev–Trinajstić information content (AvgIpc) is 2.71. The highest BCUT2D eigenvalue weighted by Gasteiger charge is 2.55. The number of carboxylic acids is 1. The predicted molar refractivity (Wildman–Crippen MR) is 49.5 cm³/mol. The monoisotopic (exact) mass is 273 g/mol. The fourth-order valence-corrected chi connectivity index (χ4v) is 1.71. The van der Waals surface area contributed by atoms with Crippen molar-refractivity contribution in [1.29, 1.82) is 0 Å². The molecule has 1 amide bonds. The zero-order valence-electron chi connectivity index (χ0n) is 9.28. The van der Waals surface area contributed by atoms with E-state index in [2.05, 4.69) is 0 Å². The normalized spacial score (nSPS) is 24.7. The van der Waals surface area contributed by atoms with Gasteiger partial charge in [0.05, 0.1) is 6.10 Å². The second-order valence-electron chi connectivity index (χ2n) is 3.83. The minimum absolute atomic E-state index is 0.211. The lowest BCUT2D eigenvalue weighted by Gasteiger charge is -2.25. The Bertz CT molecular complexity index is 349. The summed E-state index contributed by atoms with van der Waals surface area (Å²) in [6, 6.07) is -1.58. The van der Waals surface area contributed by atoms with Crippen LogP contribution in [-0.4, -0.2) is 60.0 Å². The number of amides is 1. The molecule has 104 valence electrons. The number of carbonyl (C=O) groups is 2. The second-order valence-corrected chi connectivity index (χ2v) is 3.83. The molecule has 18 heavy (non-hydrogen) atoms. The minimum Gasteiger partial charge on any atom is -0.480 e. The summed E-state index contributed by atoms with van der Waals surface area (Å²) in [6.07, 6.45) is -5.15. The van der Waals surface area contributed by atoms with Crippen LogP contribution in [0.25, 0.3) is 0 Å². The molecule has 9 heteroatoms. The number of carboxylic acid groups (broad SMARTS) is 1. The van der Waals surface area contributed by atoms with E-state index < -0.39 is 42.9 Å². The van der Waals surface area contributed by atoms with Crippen molar-refractivity contribution in [2.24, 2.45) is 0 Å². The molecule has 0 aromatic carbocycles. The van der Waals surface area contributed by atoms with E-state index in [9.17, 15) is 27.2 Å². The van der Waals surface area contributed by atoms with E-state index >= 15 is 0 Å². The SMILES string of the molecule is COC1CC(C(=O)O)N(C(=O)C(F)(F)C(F)F)C1. The van der Waals surface area contributed by atoms with Crippen LogP contribution in [-0.2, 0) is 14.3 Å². The van der Waals surface area contributed by atoms with Crippen LogP contribution in [0.15, 0.2) is 0 Å². The van der Waals surface area contributed by atoms with Crippen molar-refractivity contribution in [2.75, 3.05) is 13.7 Å². The van der Waals surface area contributed by atoms with Crippen molar-refractivity contribution in [3.63, 3.8) is 0 Å². The summed E-state index contributed by atoms with van der Waals surface area (Å²) in [5.41, 5.74) is 0. The van der Waals surface area contributed by atoms with Crippen LogP contribution in [0, 0.1) is 0 Å². The first-order valence-corrected chi connectivity index (χ1v) is 4.94. The maximum Gasteiger partial charge on any atom is 0.383 e. The van der Waals surface area contributed by atoms with E-state index in [1.54, 1.807) is 0 Å². The van der Waals surface area contributed by atoms with E-state index in [1.807, 2.05) is 0 Å². The Balaban J connectivity index is 2.93. The third-order valence-electron chi connectivity index (χ3n) is 2.70. The summed E-state index contributed by atoms with van der Waals surface area (Å²) in [5.74, 6) is -8.62. The number of nitrogens with zero attached hydrogens (tertiary/aromatic N) is 1. The Labute approximate surface area is 99.3 Å². The van der Waals surface area contributed by atoms with Crippen molar-refractivity contribution >= 4 is 11.9 Å². The van der Waals surface area contributed by atoms with Crippen LogP contribution >= 0.6 is 0 Å². The second kappa shape index (κ2) is 5.09. The zero-order valence-corrected chi connectivity index (χ0v) is 9.28. The first kappa shape index (κ1) is 14.7. The summed E-state index contributed by atoms with van der Waals surface area (Å²) in [6.45, 7) is -0.450. The zero-order chi connectivity index (χ0) is 14.1. The summed E-state index contributed by atoms with van der Waals surface area (Å²) in [5, 5.41) is 8.77. The molecule has 0 spiro atoms. The van der Waals surface area contributed by atoms with E-state index in [-0.39, 0.29) is 11.3 Å². The quantitative estimate of drug-likeness (QED) is 0.761. The molecule has 0 saturated carbocycles. The molecule has 1 aliphatic rings. The van der Waals surface area contributed by atoms with Gasteiger partial charge in [0.15, 0.2) is 0 Å². The highest BCUT2D eigenvalue weighted by atomic mass is 19.3. The molecule has 1 heterocycles. The molecular formula is C9H11F4NO4. The van der Waals surface area contributed by atoms with Gasteiger partial charge in [0.2, 0.25) is 0 Å². The van der Waals surface area contributed by atoms with Gasteiger partial charge in [0, 0.05) is 20.1 Å². The highest BCUT2D eigenvalue weighted by molar-refractivity contribution is 5.89. The number of halogens is 4. The molecule has 0 bridgehead atoms. The average molecular weight is 273 g/mol. The number of alkyl halides is 4. The molecule has 5 nitrogen and oxygen atoms in total. The standard InChI is InChI=1S/C9H11F4NO4/c1-18-4-2-5(6(15)16)14(3-4)8(17)9(12,13)7(10)11/h4-5,7H,2-3H2,1H3,(H,15,16). The molecule has 0 aromatic heterocycles. The molecule has 1 rings (SSSR count). The molecule has 1 N–H and O–H groups in total. The minimum atomic E-state index is -4.89. The van der Waals surface area contributed by atoms with Crippen molar-refractivity contribution in [3.8, 4) is 0 Å². The number of aliphatic carboxylic acids is 1. The molecule has 1 saturated heterocycles. The molecule has 0 aromatic rings. The number of hydrogen-bond donors (Lipinski definition) is 1. The number of hydrogen-bond acceptors (Lipinski definition) is 3. The van der Waals surface area contributed by atoms with Gasteiger partial charge >= 0.3 is 18.3 Å². The van der Waals surface area contributed by atoms with E-state index in [4.69, 9.17) is 9.84 Å². The van der Waals surface area contributed by atoms with Gasteiger partial charge < -0.3 is 14.7 Å². The Morgan fingerprint density at radius 1 is 1.44 bits per heavy atom. The van der Waals surface area contributed by atoms with Gasteiger partial charge in [-0.3, -0.25) is 4.79 Å². The lowest BCUT2D eigenvalue weighted by atomic mass is 10.2. The third-order valence-corrected chi connectivity index (χ3v) is 2.70. The molecule has 2 atom stereocenters. The molecule has 1 fully saturated rings. The fraction of sp³-hybridized carbons (Fsp3) is 0.778. The number of likely N-dealkylation sites (tertiary alicyclic amines) is 1. The van der Waals surface area contributed by atoms with Gasteiger partial charge in [0.25, 0.3) is 5.91 Å². The van der Waals surface area contributed by atoms with Crippen LogP contribution in [0.1, 0.15) is 6.42 Å². The first-order valence-electron chi connectivity index (χ1n) is 4.94. The van der Waals surface area contributed by atoms with Crippen LogP contribution in [0.2, 0.25) is 0 Å². The summed E-state index contributed by atoms with van der Waals surface area (Å²) in [7, 11) is 1.21. The van der Waals surface area contributed by atoms with Crippen molar-refractivity contribution < 1.29 is 37.0 Å². The van der Waals surface area contributed by atoms with Gasteiger partial charge in [-0.2, -0.15) is 8.78 Å². The lowest BCUT2D eigenvalue weighted by Crippen LogP contribution is -2.51. The summed E-state index contributed by atoms with van der Waals surface area (Å²) < 4.78 is 54.6. The Hall–Kier alpha value is -1.38. The maximum absolute atomic E-state index is 12.9. The van der Waals surface area contributed by atoms with Crippen molar-refractivity contribution in [2.45, 2.75) is 30.9 Å². The van der Waals surface area contributed by atoms with Gasteiger partial charge in [0.1, 0.15) is 6.04 Å². The number of ether oxygens (including phenoxy) is 1. The Morgan fingerprint density at radius 2 is 2.00 bits per heavy atom. The van der Waals surface area contributed by atoms with Crippen LogP contribution in [0.5, 0.6) is 0 Å². The van der Waals surface area contributed by atoms with Gasteiger partial charge in [-0.15, -0.1) is 0 Å². The summed E-state index contributed by atoms with van der Waals surface area (Å²) in [4.78, 5) is 22.3. The van der Waals surface area contributed by atoms with Gasteiger partial charge in [-0.25, -0.2) is 13.6 Å². The fourth-order valence-electron chi connectivity index (χ4n) is 1.71. The summed E-state index contributed by atoms with van der Waals surface area (Å²) >= 11 is 0. The van der Waals surface area contributed by atoms with Gasteiger partial charge in [-0.1, -0.05) is 0 Å². The molecular weight excluding hydrogens is 262 g/mol. The highest BCUT2D eigenvalue weighted by Crippen LogP contribution is 2.30. The van der Waals surface area contributed by atoms with E-state index in [1.165, 1.54) is 7.11 Å². The molecule has 0 aliphatic carbocycles. The molecule has 2 unspecified atom stereocenters. The van der Waals surface area contributed by atoms with Gasteiger partial charge in [-0.05, 0) is 0 Å². The van der Waals surface area contributed by atoms with Crippen molar-refractivity contribution in [1.82, 2.24) is 4.90 Å². The largest absolute Gasteiger partial charge is 0.480 e. The first-order chi connectivity index (χ1) is 8.21.